The molecule has 4 heteroatoms. The zero-order chi connectivity index (χ0) is 13.5. The second kappa shape index (κ2) is 4.31. The lowest BCUT2D eigenvalue weighted by molar-refractivity contribution is 0.412. The summed E-state index contributed by atoms with van der Waals surface area (Å²) in [6.45, 7) is 0. The van der Waals surface area contributed by atoms with Gasteiger partial charge in [0.1, 0.15) is 11.6 Å². The van der Waals surface area contributed by atoms with Crippen molar-refractivity contribution in [3.8, 4) is 5.75 Å². The first-order chi connectivity index (χ1) is 9.15. The molecule has 0 amide bonds. The molecule has 19 heavy (non-hydrogen) atoms. The molecule has 1 unspecified atom stereocenters. The molecule has 1 aliphatic carbocycles. The average molecular weight is 258 g/mol. The maximum Gasteiger partial charge on any atom is 0.146 e. The highest BCUT2D eigenvalue weighted by Gasteiger charge is 2.38. The number of benzene rings is 1. The molecule has 1 heterocycles. The summed E-state index contributed by atoms with van der Waals surface area (Å²) in [5, 5.41) is 0. The van der Waals surface area contributed by atoms with Crippen LogP contribution in [0, 0.1) is 5.82 Å². The standard InChI is InChI=1S/C15H15FN2O/c1-19-11-3-2-10-4-6-15(17,13(10)8-11)12-5-7-18-9-14(12)16/h2-3,5,7-9H,4,6,17H2,1H3. The van der Waals surface area contributed by atoms with E-state index in [1.54, 1.807) is 19.4 Å². The van der Waals surface area contributed by atoms with Crippen LogP contribution < -0.4 is 10.5 Å². The van der Waals surface area contributed by atoms with E-state index in [-0.39, 0.29) is 5.82 Å². The molecule has 98 valence electrons. The first kappa shape index (κ1) is 12.1. The van der Waals surface area contributed by atoms with Crippen molar-refractivity contribution >= 4 is 0 Å². The van der Waals surface area contributed by atoms with Crippen LogP contribution in [0.2, 0.25) is 0 Å². The molecule has 0 aliphatic heterocycles. The number of nitrogens with two attached hydrogens (primary N) is 1. The van der Waals surface area contributed by atoms with E-state index in [1.807, 2.05) is 18.2 Å². The molecule has 0 saturated carbocycles. The molecular formula is C15H15FN2O. The number of fused-ring (bicyclic) bond motifs is 1. The normalized spacial score (nSPS) is 21.2. The number of hydrogen-bond acceptors (Lipinski definition) is 3. The predicted octanol–water partition coefficient (Wildman–Crippen LogP) is 2.38. The number of pyridine rings is 1. The van der Waals surface area contributed by atoms with E-state index in [9.17, 15) is 4.39 Å². The molecule has 3 nitrogen and oxygen atoms in total. The summed E-state index contributed by atoms with van der Waals surface area (Å²) in [5.41, 5.74) is 8.29. The van der Waals surface area contributed by atoms with Gasteiger partial charge in [0, 0.05) is 11.8 Å². The van der Waals surface area contributed by atoms with Crippen molar-refractivity contribution in [1.82, 2.24) is 4.98 Å². The third-order valence-corrected chi connectivity index (χ3v) is 3.84. The molecule has 1 aromatic heterocycles. The van der Waals surface area contributed by atoms with Crippen molar-refractivity contribution < 1.29 is 9.13 Å². The Balaban J connectivity index is 2.17. The summed E-state index contributed by atoms with van der Waals surface area (Å²) in [4.78, 5) is 3.78. The molecule has 2 N–H and O–H groups in total. The Labute approximate surface area is 111 Å². The highest BCUT2D eigenvalue weighted by Crippen LogP contribution is 2.42. The number of nitrogens with zero attached hydrogens (tertiary/aromatic N) is 1. The average Bonchev–Trinajstić information content (AvgIpc) is 2.77. The van der Waals surface area contributed by atoms with Crippen molar-refractivity contribution in [2.75, 3.05) is 7.11 Å². The first-order valence-electron chi connectivity index (χ1n) is 6.21. The number of methoxy groups -OCH3 is 1. The third-order valence-electron chi connectivity index (χ3n) is 3.84. The minimum Gasteiger partial charge on any atom is -0.497 e. The van der Waals surface area contributed by atoms with Gasteiger partial charge in [-0.3, -0.25) is 4.98 Å². The summed E-state index contributed by atoms with van der Waals surface area (Å²) >= 11 is 0. The summed E-state index contributed by atoms with van der Waals surface area (Å²) in [6.07, 6.45) is 4.32. The van der Waals surface area contributed by atoms with Crippen LogP contribution in [0.3, 0.4) is 0 Å². The molecule has 0 spiro atoms. The van der Waals surface area contributed by atoms with Crippen molar-refractivity contribution in [3.63, 3.8) is 0 Å². The Bertz CT molecular complexity index is 629. The molecule has 1 atom stereocenters. The van der Waals surface area contributed by atoms with Gasteiger partial charge in [-0.15, -0.1) is 0 Å². The van der Waals surface area contributed by atoms with E-state index in [0.717, 1.165) is 23.3 Å². The van der Waals surface area contributed by atoms with Gasteiger partial charge in [-0.25, -0.2) is 4.39 Å². The van der Waals surface area contributed by atoms with Gasteiger partial charge in [-0.05, 0) is 42.2 Å². The highest BCUT2D eigenvalue weighted by atomic mass is 19.1. The molecule has 0 fully saturated rings. The molecule has 0 bridgehead atoms. The van der Waals surface area contributed by atoms with Gasteiger partial charge in [0.15, 0.2) is 0 Å². The number of aromatic nitrogens is 1. The fraction of sp³-hybridized carbons (Fsp3) is 0.267. The molecule has 1 aliphatic rings. The van der Waals surface area contributed by atoms with Crippen molar-refractivity contribution in [1.29, 1.82) is 0 Å². The lowest BCUT2D eigenvalue weighted by Gasteiger charge is -2.26. The van der Waals surface area contributed by atoms with Crippen LogP contribution in [0.15, 0.2) is 36.7 Å². The van der Waals surface area contributed by atoms with E-state index in [1.165, 1.54) is 6.20 Å². The minimum absolute atomic E-state index is 0.360. The second-order valence-corrected chi connectivity index (χ2v) is 4.85. The maximum atomic E-state index is 14.0. The van der Waals surface area contributed by atoms with Crippen LogP contribution in [-0.4, -0.2) is 12.1 Å². The molecule has 3 rings (SSSR count). The minimum atomic E-state index is -0.795. The lowest BCUT2D eigenvalue weighted by Crippen LogP contribution is -2.36. The largest absolute Gasteiger partial charge is 0.497 e. The number of rotatable bonds is 2. The van der Waals surface area contributed by atoms with E-state index >= 15 is 0 Å². The summed E-state index contributed by atoms with van der Waals surface area (Å²) in [5.74, 6) is 0.380. The van der Waals surface area contributed by atoms with Crippen molar-refractivity contribution in [2.24, 2.45) is 5.73 Å². The Hall–Kier alpha value is -1.94. The van der Waals surface area contributed by atoms with Crippen molar-refractivity contribution in [2.45, 2.75) is 18.4 Å². The quantitative estimate of drug-likeness (QED) is 0.899. The summed E-state index contributed by atoms with van der Waals surface area (Å²) in [6, 6.07) is 7.47. The van der Waals surface area contributed by atoms with Crippen molar-refractivity contribution in [3.05, 3.63) is 59.2 Å². The van der Waals surface area contributed by atoms with Crippen LogP contribution in [-0.2, 0) is 12.0 Å². The Morgan fingerprint density at radius 3 is 2.89 bits per heavy atom. The zero-order valence-corrected chi connectivity index (χ0v) is 10.7. The van der Waals surface area contributed by atoms with Gasteiger partial charge in [0.05, 0.1) is 18.8 Å². The van der Waals surface area contributed by atoms with Gasteiger partial charge in [0.25, 0.3) is 0 Å². The summed E-state index contributed by atoms with van der Waals surface area (Å²) in [7, 11) is 1.61. The Morgan fingerprint density at radius 1 is 1.32 bits per heavy atom. The number of aryl methyl sites for hydroxylation is 1. The van der Waals surface area contributed by atoms with Crippen LogP contribution in [0.1, 0.15) is 23.1 Å². The fourth-order valence-corrected chi connectivity index (χ4v) is 2.80. The topological polar surface area (TPSA) is 48.1 Å². The van der Waals surface area contributed by atoms with E-state index in [2.05, 4.69) is 4.98 Å². The highest BCUT2D eigenvalue weighted by molar-refractivity contribution is 5.49. The SMILES string of the molecule is COc1ccc2c(c1)C(N)(c1ccncc1F)CC2. The van der Waals surface area contributed by atoms with Gasteiger partial charge in [-0.2, -0.15) is 0 Å². The number of ether oxygens (including phenoxy) is 1. The third kappa shape index (κ3) is 1.79. The van der Waals surface area contributed by atoms with E-state index < -0.39 is 5.54 Å². The molecule has 0 saturated heterocycles. The molecule has 1 aromatic carbocycles. The van der Waals surface area contributed by atoms with E-state index in [4.69, 9.17) is 10.5 Å². The molecule has 0 radical (unpaired) electrons. The van der Waals surface area contributed by atoms with E-state index in [0.29, 0.717) is 12.0 Å². The number of hydrogen-bond donors (Lipinski definition) is 1. The monoisotopic (exact) mass is 258 g/mol. The van der Waals surface area contributed by atoms with Gasteiger partial charge in [-0.1, -0.05) is 6.07 Å². The van der Waals surface area contributed by atoms with Gasteiger partial charge >= 0.3 is 0 Å². The maximum absolute atomic E-state index is 14.0. The zero-order valence-electron chi connectivity index (χ0n) is 10.7. The van der Waals surface area contributed by atoms with Crippen LogP contribution in [0.4, 0.5) is 4.39 Å². The molecular weight excluding hydrogens is 243 g/mol. The molecule has 2 aromatic rings. The van der Waals surface area contributed by atoms with Crippen LogP contribution >= 0.6 is 0 Å². The van der Waals surface area contributed by atoms with Crippen LogP contribution in [0.25, 0.3) is 0 Å². The van der Waals surface area contributed by atoms with Gasteiger partial charge in [0.2, 0.25) is 0 Å². The predicted molar refractivity (Wildman–Crippen MR) is 70.5 cm³/mol. The Morgan fingerprint density at radius 2 is 2.16 bits per heavy atom. The fourth-order valence-electron chi connectivity index (χ4n) is 2.80. The van der Waals surface area contributed by atoms with Crippen LogP contribution in [0.5, 0.6) is 5.75 Å². The first-order valence-corrected chi connectivity index (χ1v) is 6.21. The summed E-state index contributed by atoms with van der Waals surface area (Å²) < 4.78 is 19.2. The smallest absolute Gasteiger partial charge is 0.146 e. The number of halogens is 1. The van der Waals surface area contributed by atoms with Gasteiger partial charge < -0.3 is 10.5 Å². The second-order valence-electron chi connectivity index (χ2n) is 4.85. The Kier molecular flexibility index (Phi) is 2.75. The lowest BCUT2D eigenvalue weighted by atomic mass is 9.85.